The monoisotopic (exact) mass is 303 g/mol. The summed E-state index contributed by atoms with van der Waals surface area (Å²) in [5.41, 5.74) is -0.0520. The Kier molecular flexibility index (Phi) is 5.39. The molecule has 1 atom stereocenters. The molecule has 0 bridgehead atoms. The van der Waals surface area contributed by atoms with Gasteiger partial charge in [0.2, 0.25) is 0 Å². The Labute approximate surface area is 110 Å². The third-order valence-electron chi connectivity index (χ3n) is 2.41. The standard InChI is InChI=1S/C12H18BrNO3/c1-12(16,8-15)7-14-6-9-5-10(17-2)3-4-11(9)13/h3-5,14-16H,6-8H2,1-2H3. The molecular formula is C12H18BrNO3. The number of benzene rings is 1. The molecule has 17 heavy (non-hydrogen) atoms. The van der Waals surface area contributed by atoms with Crippen LogP contribution in [0.25, 0.3) is 0 Å². The van der Waals surface area contributed by atoms with Crippen molar-refractivity contribution in [1.29, 1.82) is 0 Å². The maximum atomic E-state index is 9.62. The van der Waals surface area contributed by atoms with Crippen LogP contribution >= 0.6 is 15.9 Å². The molecule has 0 amide bonds. The maximum Gasteiger partial charge on any atom is 0.119 e. The zero-order chi connectivity index (χ0) is 12.9. The second-order valence-corrected chi connectivity index (χ2v) is 5.07. The average molecular weight is 304 g/mol. The van der Waals surface area contributed by atoms with Crippen molar-refractivity contribution in [1.82, 2.24) is 5.32 Å². The molecule has 0 saturated carbocycles. The summed E-state index contributed by atoms with van der Waals surface area (Å²) in [6.07, 6.45) is 0. The number of nitrogens with one attached hydrogen (secondary N) is 1. The lowest BCUT2D eigenvalue weighted by atomic mass is 10.1. The quantitative estimate of drug-likeness (QED) is 0.741. The Hall–Kier alpha value is -0.620. The van der Waals surface area contributed by atoms with Crippen LogP contribution in [-0.4, -0.2) is 36.1 Å². The minimum absolute atomic E-state index is 0.265. The predicted octanol–water partition coefficient (Wildman–Crippen LogP) is 1.29. The molecule has 0 aliphatic rings. The normalized spacial score (nSPS) is 14.4. The van der Waals surface area contributed by atoms with Crippen molar-refractivity contribution in [3.8, 4) is 5.75 Å². The van der Waals surface area contributed by atoms with Crippen LogP contribution < -0.4 is 10.1 Å². The largest absolute Gasteiger partial charge is 0.497 e. The highest BCUT2D eigenvalue weighted by molar-refractivity contribution is 9.10. The topological polar surface area (TPSA) is 61.7 Å². The van der Waals surface area contributed by atoms with E-state index in [4.69, 9.17) is 9.84 Å². The number of hydrogen-bond donors (Lipinski definition) is 3. The molecule has 1 aromatic rings. The third kappa shape index (κ3) is 4.63. The van der Waals surface area contributed by atoms with Crippen molar-refractivity contribution < 1.29 is 14.9 Å². The van der Waals surface area contributed by atoms with E-state index in [0.29, 0.717) is 13.1 Å². The van der Waals surface area contributed by atoms with E-state index in [9.17, 15) is 5.11 Å². The highest BCUT2D eigenvalue weighted by Crippen LogP contribution is 2.22. The van der Waals surface area contributed by atoms with Crippen molar-refractivity contribution in [2.45, 2.75) is 19.1 Å². The summed E-state index contributed by atoms with van der Waals surface area (Å²) < 4.78 is 6.12. The van der Waals surface area contributed by atoms with E-state index in [2.05, 4.69) is 21.2 Å². The minimum Gasteiger partial charge on any atom is -0.497 e. The van der Waals surface area contributed by atoms with Gasteiger partial charge in [-0.3, -0.25) is 0 Å². The zero-order valence-electron chi connectivity index (χ0n) is 10.0. The smallest absolute Gasteiger partial charge is 0.119 e. The lowest BCUT2D eigenvalue weighted by molar-refractivity contribution is 0.00253. The molecule has 5 heteroatoms. The van der Waals surface area contributed by atoms with Crippen molar-refractivity contribution in [2.24, 2.45) is 0 Å². The SMILES string of the molecule is COc1ccc(Br)c(CNCC(C)(O)CO)c1. The van der Waals surface area contributed by atoms with E-state index in [1.54, 1.807) is 14.0 Å². The summed E-state index contributed by atoms with van der Waals surface area (Å²) in [6, 6.07) is 5.71. The first kappa shape index (κ1) is 14.4. The van der Waals surface area contributed by atoms with Gasteiger partial charge in [0.15, 0.2) is 0 Å². The molecule has 0 spiro atoms. The van der Waals surface area contributed by atoms with Crippen LogP contribution in [0, 0.1) is 0 Å². The Balaban J connectivity index is 2.57. The van der Waals surface area contributed by atoms with Crippen LogP contribution in [0.4, 0.5) is 0 Å². The van der Waals surface area contributed by atoms with Gasteiger partial charge in [-0.2, -0.15) is 0 Å². The highest BCUT2D eigenvalue weighted by atomic mass is 79.9. The Bertz CT molecular complexity index is 369. The summed E-state index contributed by atoms with van der Waals surface area (Å²) in [4.78, 5) is 0. The number of halogens is 1. The summed E-state index contributed by atoms with van der Waals surface area (Å²) in [5, 5.41) is 21.6. The highest BCUT2D eigenvalue weighted by Gasteiger charge is 2.18. The van der Waals surface area contributed by atoms with Gasteiger partial charge in [0.1, 0.15) is 5.75 Å². The molecule has 96 valence electrons. The Morgan fingerprint density at radius 2 is 2.18 bits per heavy atom. The van der Waals surface area contributed by atoms with Gasteiger partial charge in [-0.15, -0.1) is 0 Å². The molecule has 1 aromatic carbocycles. The predicted molar refractivity (Wildman–Crippen MR) is 70.1 cm³/mol. The fourth-order valence-corrected chi connectivity index (χ4v) is 1.72. The Morgan fingerprint density at radius 1 is 1.47 bits per heavy atom. The second-order valence-electron chi connectivity index (χ2n) is 4.22. The average Bonchev–Trinajstić information content (AvgIpc) is 2.31. The molecule has 3 N–H and O–H groups in total. The van der Waals surface area contributed by atoms with Crippen LogP contribution in [0.1, 0.15) is 12.5 Å². The van der Waals surface area contributed by atoms with E-state index in [-0.39, 0.29) is 6.61 Å². The number of aliphatic hydroxyl groups excluding tert-OH is 1. The van der Waals surface area contributed by atoms with Gasteiger partial charge in [-0.05, 0) is 30.7 Å². The lowest BCUT2D eigenvalue weighted by Gasteiger charge is -2.21. The van der Waals surface area contributed by atoms with Gasteiger partial charge < -0.3 is 20.3 Å². The molecule has 0 aliphatic heterocycles. The second kappa shape index (κ2) is 6.35. The molecule has 4 nitrogen and oxygen atoms in total. The number of methoxy groups -OCH3 is 1. The molecule has 0 fully saturated rings. The van der Waals surface area contributed by atoms with Gasteiger partial charge in [0.25, 0.3) is 0 Å². The number of ether oxygens (including phenoxy) is 1. The lowest BCUT2D eigenvalue weighted by Crippen LogP contribution is -2.40. The summed E-state index contributed by atoms with van der Waals surface area (Å²) in [5.74, 6) is 0.791. The molecule has 1 unspecified atom stereocenters. The van der Waals surface area contributed by atoms with E-state index in [1.165, 1.54) is 0 Å². The fourth-order valence-electron chi connectivity index (χ4n) is 1.34. The Morgan fingerprint density at radius 3 is 2.76 bits per heavy atom. The van der Waals surface area contributed by atoms with Crippen LogP contribution in [0.15, 0.2) is 22.7 Å². The molecular weight excluding hydrogens is 286 g/mol. The van der Waals surface area contributed by atoms with E-state index < -0.39 is 5.60 Å². The van der Waals surface area contributed by atoms with Gasteiger partial charge in [-0.25, -0.2) is 0 Å². The van der Waals surface area contributed by atoms with Gasteiger partial charge in [-0.1, -0.05) is 15.9 Å². The van der Waals surface area contributed by atoms with Crippen molar-refractivity contribution in [2.75, 3.05) is 20.3 Å². The first-order valence-electron chi connectivity index (χ1n) is 5.35. The summed E-state index contributed by atoms with van der Waals surface area (Å²) >= 11 is 3.45. The van der Waals surface area contributed by atoms with E-state index in [1.807, 2.05) is 18.2 Å². The van der Waals surface area contributed by atoms with Crippen LogP contribution in [0.5, 0.6) is 5.75 Å². The molecule has 0 aliphatic carbocycles. The number of hydrogen-bond acceptors (Lipinski definition) is 4. The summed E-state index contributed by atoms with van der Waals surface area (Å²) in [7, 11) is 1.62. The number of aliphatic hydroxyl groups is 2. The van der Waals surface area contributed by atoms with Crippen LogP contribution in [0.3, 0.4) is 0 Å². The van der Waals surface area contributed by atoms with Gasteiger partial charge in [0, 0.05) is 17.6 Å². The molecule has 0 aromatic heterocycles. The fraction of sp³-hybridized carbons (Fsp3) is 0.500. The molecule has 1 rings (SSSR count). The van der Waals surface area contributed by atoms with Crippen molar-refractivity contribution in [3.63, 3.8) is 0 Å². The van der Waals surface area contributed by atoms with Crippen molar-refractivity contribution >= 4 is 15.9 Å². The van der Waals surface area contributed by atoms with E-state index >= 15 is 0 Å². The van der Waals surface area contributed by atoms with Crippen LogP contribution in [0.2, 0.25) is 0 Å². The first-order valence-corrected chi connectivity index (χ1v) is 6.14. The maximum absolute atomic E-state index is 9.62. The first-order chi connectivity index (χ1) is 7.98. The molecule has 0 radical (unpaired) electrons. The third-order valence-corrected chi connectivity index (χ3v) is 3.19. The van der Waals surface area contributed by atoms with Gasteiger partial charge in [0.05, 0.1) is 19.3 Å². The van der Waals surface area contributed by atoms with E-state index in [0.717, 1.165) is 15.8 Å². The molecule has 0 saturated heterocycles. The summed E-state index contributed by atoms with van der Waals surface area (Å²) in [6.45, 7) is 2.24. The van der Waals surface area contributed by atoms with Crippen LogP contribution in [-0.2, 0) is 6.54 Å². The minimum atomic E-state index is -1.09. The zero-order valence-corrected chi connectivity index (χ0v) is 11.6. The van der Waals surface area contributed by atoms with Crippen molar-refractivity contribution in [3.05, 3.63) is 28.2 Å². The molecule has 0 heterocycles. The number of rotatable bonds is 6. The van der Waals surface area contributed by atoms with Gasteiger partial charge >= 0.3 is 0 Å².